The number of amides is 1. The first kappa shape index (κ1) is 24.7. The molecule has 1 aliphatic rings. The number of fused-ring (bicyclic) bond motifs is 1. The number of pyridine rings is 1. The molecule has 0 radical (unpaired) electrons. The summed E-state index contributed by atoms with van der Waals surface area (Å²) >= 11 is 2.97. The number of anilines is 1. The van der Waals surface area contributed by atoms with Gasteiger partial charge < -0.3 is 14.1 Å². The van der Waals surface area contributed by atoms with Gasteiger partial charge in [-0.05, 0) is 63.9 Å². The predicted octanol–water partition coefficient (Wildman–Crippen LogP) is 7.78. The zero-order chi connectivity index (χ0) is 25.2. The van der Waals surface area contributed by atoms with Crippen LogP contribution in [0, 0.1) is 5.92 Å². The van der Waals surface area contributed by atoms with E-state index in [0.717, 1.165) is 57.2 Å². The van der Waals surface area contributed by atoms with Crippen molar-refractivity contribution in [2.45, 2.75) is 58.9 Å². The SMILES string of the molecule is CCOC(=O)c1sc(-c2ccc(-c3cc4ncccc4o3)s2)cc1N(C(=O)C1CCCCC1)C(C)C. The molecule has 0 aromatic carbocycles. The van der Waals surface area contributed by atoms with Gasteiger partial charge in [-0.3, -0.25) is 9.78 Å². The number of hydrogen-bond donors (Lipinski definition) is 0. The van der Waals surface area contributed by atoms with Crippen molar-refractivity contribution in [3.8, 4) is 20.4 Å². The molecule has 5 rings (SSSR count). The summed E-state index contributed by atoms with van der Waals surface area (Å²) in [6, 6.07) is 11.7. The van der Waals surface area contributed by atoms with Crippen molar-refractivity contribution in [1.29, 1.82) is 0 Å². The minimum atomic E-state index is -0.383. The van der Waals surface area contributed by atoms with Gasteiger partial charge in [-0.25, -0.2) is 4.79 Å². The molecule has 1 saturated carbocycles. The van der Waals surface area contributed by atoms with Crippen molar-refractivity contribution in [3.63, 3.8) is 0 Å². The van der Waals surface area contributed by atoms with Gasteiger partial charge in [-0.2, -0.15) is 0 Å². The maximum Gasteiger partial charge on any atom is 0.350 e. The molecular weight excluding hydrogens is 492 g/mol. The number of ether oxygens (including phenoxy) is 1. The molecule has 0 saturated heterocycles. The minimum absolute atomic E-state index is 0.00887. The second-order valence-corrected chi connectivity index (χ2v) is 11.5. The number of thiophene rings is 2. The van der Waals surface area contributed by atoms with Gasteiger partial charge in [-0.1, -0.05) is 19.3 Å². The van der Waals surface area contributed by atoms with Gasteiger partial charge in [0.1, 0.15) is 16.2 Å². The van der Waals surface area contributed by atoms with Crippen LogP contribution in [0.5, 0.6) is 0 Å². The molecule has 4 heterocycles. The Labute approximate surface area is 218 Å². The Balaban J connectivity index is 1.52. The summed E-state index contributed by atoms with van der Waals surface area (Å²) in [5.41, 5.74) is 2.22. The number of hydrogen-bond acceptors (Lipinski definition) is 7. The molecule has 0 aliphatic heterocycles. The molecule has 4 aromatic heterocycles. The van der Waals surface area contributed by atoms with Crippen LogP contribution in [0.2, 0.25) is 0 Å². The first-order chi connectivity index (χ1) is 17.5. The Hall–Kier alpha value is -2.97. The maximum absolute atomic E-state index is 13.7. The first-order valence-electron chi connectivity index (χ1n) is 12.6. The maximum atomic E-state index is 13.7. The number of nitrogens with zero attached hydrogens (tertiary/aromatic N) is 2. The van der Waals surface area contributed by atoms with Gasteiger partial charge in [0.15, 0.2) is 5.58 Å². The zero-order valence-electron chi connectivity index (χ0n) is 20.8. The molecule has 36 heavy (non-hydrogen) atoms. The molecule has 0 spiro atoms. The van der Waals surface area contributed by atoms with Gasteiger partial charge in [0.25, 0.3) is 0 Å². The van der Waals surface area contributed by atoms with E-state index in [0.29, 0.717) is 10.6 Å². The number of carbonyl (C=O) groups excluding carboxylic acids is 2. The fraction of sp³-hybridized carbons (Fsp3) is 0.393. The van der Waals surface area contributed by atoms with Crippen molar-refractivity contribution in [2.75, 3.05) is 11.5 Å². The summed E-state index contributed by atoms with van der Waals surface area (Å²) in [5.74, 6) is 0.500. The smallest absolute Gasteiger partial charge is 0.350 e. The highest BCUT2D eigenvalue weighted by Gasteiger charge is 2.33. The molecule has 0 atom stereocenters. The summed E-state index contributed by atoms with van der Waals surface area (Å²) in [7, 11) is 0. The number of furan rings is 1. The van der Waals surface area contributed by atoms with Crippen molar-refractivity contribution < 1.29 is 18.7 Å². The molecule has 4 aromatic rings. The number of rotatable bonds is 7. The van der Waals surface area contributed by atoms with E-state index >= 15 is 0 Å². The average Bonchev–Trinajstić information content (AvgIpc) is 3.62. The van der Waals surface area contributed by atoms with Crippen LogP contribution in [0.4, 0.5) is 5.69 Å². The normalized spacial score (nSPS) is 14.4. The van der Waals surface area contributed by atoms with E-state index in [1.54, 1.807) is 24.5 Å². The van der Waals surface area contributed by atoms with Crippen LogP contribution in [0.15, 0.2) is 47.0 Å². The number of esters is 1. The monoisotopic (exact) mass is 522 g/mol. The molecule has 0 unspecified atom stereocenters. The fourth-order valence-electron chi connectivity index (χ4n) is 4.82. The molecule has 1 fully saturated rings. The highest BCUT2D eigenvalue weighted by Crippen LogP contribution is 2.44. The Bertz CT molecular complexity index is 1340. The number of aromatic nitrogens is 1. The number of carbonyl (C=O) groups is 2. The van der Waals surface area contributed by atoms with Crippen molar-refractivity contribution >= 4 is 51.3 Å². The standard InChI is InChI=1S/C28H30N2O4S2/c1-4-33-28(32)26-20(30(17(2)3)27(31)18-9-6-5-7-10-18)16-25(36-26)24-13-12-23(35-24)22-15-19-21(34-22)11-8-14-29-19/h8,11-18H,4-7,9-10H2,1-3H3. The second-order valence-electron chi connectivity index (χ2n) is 9.34. The van der Waals surface area contributed by atoms with Crippen LogP contribution < -0.4 is 4.90 Å². The Kier molecular flexibility index (Phi) is 7.25. The first-order valence-corrected chi connectivity index (χ1v) is 14.2. The van der Waals surface area contributed by atoms with Gasteiger partial charge in [0.05, 0.1) is 17.2 Å². The molecule has 6 nitrogen and oxygen atoms in total. The summed E-state index contributed by atoms with van der Waals surface area (Å²) < 4.78 is 11.4. The lowest BCUT2D eigenvalue weighted by Crippen LogP contribution is -2.42. The lowest BCUT2D eigenvalue weighted by Gasteiger charge is -2.32. The van der Waals surface area contributed by atoms with Crippen molar-refractivity contribution in [3.05, 3.63) is 47.5 Å². The van der Waals surface area contributed by atoms with Crippen LogP contribution in [-0.4, -0.2) is 29.5 Å². The average molecular weight is 523 g/mol. The molecule has 1 amide bonds. The zero-order valence-corrected chi connectivity index (χ0v) is 22.4. The Morgan fingerprint density at radius 3 is 2.58 bits per heavy atom. The van der Waals surface area contributed by atoms with E-state index in [2.05, 4.69) is 4.98 Å². The molecule has 8 heteroatoms. The molecular formula is C28H30N2O4S2. The third kappa shape index (κ3) is 4.84. The summed E-state index contributed by atoms with van der Waals surface area (Å²) in [4.78, 5) is 36.2. The topological polar surface area (TPSA) is 72.6 Å². The molecule has 0 N–H and O–H groups in total. The van der Waals surface area contributed by atoms with Crippen LogP contribution in [0.25, 0.3) is 31.5 Å². The van der Waals surface area contributed by atoms with Crippen molar-refractivity contribution in [2.24, 2.45) is 5.92 Å². The van der Waals surface area contributed by atoms with E-state index in [1.807, 2.05) is 55.1 Å². The molecule has 1 aliphatic carbocycles. The quantitative estimate of drug-likeness (QED) is 0.232. The highest BCUT2D eigenvalue weighted by molar-refractivity contribution is 7.24. The summed E-state index contributed by atoms with van der Waals surface area (Å²) in [5, 5.41) is 0. The largest absolute Gasteiger partial charge is 0.462 e. The van der Waals surface area contributed by atoms with E-state index < -0.39 is 0 Å². The summed E-state index contributed by atoms with van der Waals surface area (Å²) in [6.45, 7) is 6.10. The third-order valence-electron chi connectivity index (χ3n) is 6.52. The van der Waals surface area contributed by atoms with Gasteiger partial charge in [0, 0.05) is 34.0 Å². The van der Waals surface area contributed by atoms with Gasteiger partial charge >= 0.3 is 5.97 Å². The van der Waals surface area contributed by atoms with Gasteiger partial charge in [0.2, 0.25) is 5.91 Å². The molecule has 0 bridgehead atoms. The van der Waals surface area contributed by atoms with Crippen molar-refractivity contribution in [1.82, 2.24) is 4.98 Å². The second kappa shape index (κ2) is 10.6. The van der Waals surface area contributed by atoms with Crippen LogP contribution >= 0.6 is 22.7 Å². The van der Waals surface area contributed by atoms with E-state index in [1.165, 1.54) is 17.8 Å². The van der Waals surface area contributed by atoms with Gasteiger partial charge in [-0.15, -0.1) is 22.7 Å². The lowest BCUT2D eigenvalue weighted by molar-refractivity contribution is -0.123. The van der Waals surface area contributed by atoms with E-state index in [4.69, 9.17) is 9.15 Å². The van der Waals surface area contributed by atoms with E-state index in [9.17, 15) is 9.59 Å². The Morgan fingerprint density at radius 1 is 1.08 bits per heavy atom. The Morgan fingerprint density at radius 2 is 1.86 bits per heavy atom. The summed E-state index contributed by atoms with van der Waals surface area (Å²) in [6.07, 6.45) is 6.92. The highest BCUT2D eigenvalue weighted by atomic mass is 32.1. The lowest BCUT2D eigenvalue weighted by atomic mass is 9.88. The van der Waals surface area contributed by atoms with Crippen LogP contribution in [0.1, 0.15) is 62.5 Å². The van der Waals surface area contributed by atoms with E-state index in [-0.39, 0.29) is 30.4 Å². The van der Waals surface area contributed by atoms with Crippen LogP contribution in [-0.2, 0) is 9.53 Å². The molecule has 188 valence electrons. The fourth-order valence-corrected chi connectivity index (χ4v) is 6.90. The predicted molar refractivity (Wildman–Crippen MR) is 146 cm³/mol. The third-order valence-corrected chi connectivity index (χ3v) is 8.92. The minimum Gasteiger partial charge on any atom is -0.462 e. The van der Waals surface area contributed by atoms with Crippen LogP contribution in [0.3, 0.4) is 0 Å².